The molecule has 0 aliphatic carbocycles. The SMILES string of the molecule is CCCCC/C=C\CCCCCCCC(=O)OCC(COC(=O)CCCCCCC/C=C\C=C/CCCCCCCCC)OC(=O)CCCCCCCCCCCCCCCC. The lowest BCUT2D eigenvalue weighted by atomic mass is 10.0. The summed E-state index contributed by atoms with van der Waals surface area (Å²) in [6, 6.07) is 0. The minimum absolute atomic E-state index is 0.0788. The van der Waals surface area contributed by atoms with E-state index in [4.69, 9.17) is 14.2 Å². The van der Waals surface area contributed by atoms with Gasteiger partial charge in [0.25, 0.3) is 0 Å². The topological polar surface area (TPSA) is 78.9 Å². The molecule has 0 rings (SSSR count). The quantitative estimate of drug-likeness (QED) is 0.0199. The second-order valence-electron chi connectivity index (χ2n) is 18.2. The summed E-state index contributed by atoms with van der Waals surface area (Å²) < 4.78 is 16.8. The predicted molar refractivity (Wildman–Crippen MR) is 266 cm³/mol. The highest BCUT2D eigenvalue weighted by molar-refractivity contribution is 5.71. The molecule has 0 saturated heterocycles. The van der Waals surface area contributed by atoms with E-state index in [9.17, 15) is 14.4 Å². The molecule has 6 nitrogen and oxygen atoms in total. The van der Waals surface area contributed by atoms with Crippen LogP contribution in [0.3, 0.4) is 0 Å². The largest absolute Gasteiger partial charge is 0.462 e. The maximum absolute atomic E-state index is 12.8. The van der Waals surface area contributed by atoms with Crippen molar-refractivity contribution in [3.63, 3.8) is 0 Å². The van der Waals surface area contributed by atoms with Gasteiger partial charge in [-0.15, -0.1) is 0 Å². The van der Waals surface area contributed by atoms with Crippen molar-refractivity contribution in [2.75, 3.05) is 13.2 Å². The Morgan fingerprint density at radius 2 is 0.581 bits per heavy atom. The van der Waals surface area contributed by atoms with Gasteiger partial charge < -0.3 is 14.2 Å². The van der Waals surface area contributed by atoms with Gasteiger partial charge in [0.05, 0.1) is 0 Å². The summed E-state index contributed by atoms with van der Waals surface area (Å²) in [4.78, 5) is 38.0. The van der Waals surface area contributed by atoms with Gasteiger partial charge in [0, 0.05) is 19.3 Å². The van der Waals surface area contributed by atoms with Gasteiger partial charge in [-0.1, -0.05) is 231 Å². The Kier molecular flexibility index (Phi) is 49.3. The smallest absolute Gasteiger partial charge is 0.306 e. The lowest BCUT2D eigenvalue weighted by Gasteiger charge is -2.18. The highest BCUT2D eigenvalue weighted by Gasteiger charge is 2.19. The van der Waals surface area contributed by atoms with Crippen molar-refractivity contribution in [1.29, 1.82) is 0 Å². The van der Waals surface area contributed by atoms with Gasteiger partial charge in [0.1, 0.15) is 13.2 Å². The Bertz CT molecular complexity index is 1050. The van der Waals surface area contributed by atoms with Crippen LogP contribution in [0.2, 0.25) is 0 Å². The molecule has 62 heavy (non-hydrogen) atoms. The number of allylic oxidation sites excluding steroid dienone is 6. The first kappa shape index (κ1) is 59.6. The molecule has 6 heteroatoms. The standard InChI is InChI=1S/C56H102O6/c1-4-7-10-13-16-19-22-25-27-28-29-30-32-34-37-40-43-46-49-55(58)61-52-53(51-60-54(57)48-45-42-39-36-33-24-21-18-15-12-9-6-3)62-56(59)50-47-44-41-38-35-31-26-23-20-17-14-11-8-5-2/h18,21,27-30,53H,4-17,19-20,22-26,31-52H2,1-3H3/b21-18-,28-27-,30-29-. The van der Waals surface area contributed by atoms with Crippen molar-refractivity contribution >= 4 is 17.9 Å². The highest BCUT2D eigenvalue weighted by Crippen LogP contribution is 2.15. The fraction of sp³-hybridized carbons (Fsp3) is 0.839. The van der Waals surface area contributed by atoms with Crippen LogP contribution in [0.1, 0.15) is 284 Å². The third-order valence-electron chi connectivity index (χ3n) is 11.9. The van der Waals surface area contributed by atoms with E-state index in [-0.39, 0.29) is 31.1 Å². The molecule has 0 spiro atoms. The van der Waals surface area contributed by atoms with Crippen molar-refractivity contribution in [1.82, 2.24) is 0 Å². The number of carbonyl (C=O) groups is 3. The average Bonchev–Trinajstić information content (AvgIpc) is 3.27. The summed E-state index contributed by atoms with van der Waals surface area (Å²) in [6.45, 7) is 6.61. The van der Waals surface area contributed by atoms with Gasteiger partial charge in [-0.3, -0.25) is 14.4 Å². The molecule has 1 atom stereocenters. The lowest BCUT2D eigenvalue weighted by Crippen LogP contribution is -2.30. The summed E-state index contributed by atoms with van der Waals surface area (Å²) in [7, 11) is 0. The second-order valence-corrected chi connectivity index (χ2v) is 18.2. The summed E-state index contributed by atoms with van der Waals surface area (Å²) in [5.41, 5.74) is 0. The first-order valence-electron chi connectivity index (χ1n) is 27.0. The summed E-state index contributed by atoms with van der Waals surface area (Å²) in [6.07, 6.45) is 59.8. The highest BCUT2D eigenvalue weighted by atomic mass is 16.6. The fourth-order valence-electron chi connectivity index (χ4n) is 7.78. The van der Waals surface area contributed by atoms with Crippen LogP contribution >= 0.6 is 0 Å². The van der Waals surface area contributed by atoms with Crippen molar-refractivity contribution in [2.24, 2.45) is 0 Å². The molecule has 0 radical (unpaired) electrons. The normalized spacial score (nSPS) is 12.2. The molecule has 0 aromatic rings. The molecular formula is C56H102O6. The zero-order valence-corrected chi connectivity index (χ0v) is 41.4. The van der Waals surface area contributed by atoms with Gasteiger partial charge in [0.2, 0.25) is 0 Å². The van der Waals surface area contributed by atoms with Crippen molar-refractivity contribution in [2.45, 2.75) is 290 Å². The maximum atomic E-state index is 12.8. The summed E-state index contributed by atoms with van der Waals surface area (Å²) in [5.74, 6) is -0.890. The molecule has 0 aliphatic heterocycles. The van der Waals surface area contributed by atoms with E-state index < -0.39 is 6.10 Å². The maximum Gasteiger partial charge on any atom is 0.306 e. The lowest BCUT2D eigenvalue weighted by molar-refractivity contribution is -0.167. The van der Waals surface area contributed by atoms with E-state index in [0.717, 1.165) is 83.5 Å². The predicted octanol–water partition coefficient (Wildman–Crippen LogP) is 17.7. The number of carbonyl (C=O) groups excluding carboxylic acids is 3. The number of unbranched alkanes of at least 4 members (excludes halogenated alkanes) is 33. The number of ether oxygens (including phenoxy) is 3. The van der Waals surface area contributed by atoms with Gasteiger partial charge in [0.15, 0.2) is 6.10 Å². The van der Waals surface area contributed by atoms with E-state index >= 15 is 0 Å². The molecule has 0 aromatic carbocycles. The Morgan fingerprint density at radius 1 is 0.323 bits per heavy atom. The first-order chi connectivity index (χ1) is 30.5. The van der Waals surface area contributed by atoms with Crippen LogP contribution < -0.4 is 0 Å². The Hall–Kier alpha value is -2.37. The number of esters is 3. The third-order valence-corrected chi connectivity index (χ3v) is 11.9. The molecule has 0 heterocycles. The Balaban J connectivity index is 4.36. The third kappa shape index (κ3) is 48.7. The zero-order chi connectivity index (χ0) is 45.1. The molecule has 0 saturated carbocycles. The first-order valence-corrected chi connectivity index (χ1v) is 27.0. The van der Waals surface area contributed by atoms with E-state index in [1.54, 1.807) is 0 Å². The molecular weight excluding hydrogens is 769 g/mol. The van der Waals surface area contributed by atoms with Crippen LogP contribution in [0.15, 0.2) is 36.5 Å². The van der Waals surface area contributed by atoms with Crippen molar-refractivity contribution < 1.29 is 28.6 Å². The Morgan fingerprint density at radius 3 is 0.935 bits per heavy atom. The number of rotatable bonds is 49. The molecule has 0 bridgehead atoms. The zero-order valence-electron chi connectivity index (χ0n) is 41.4. The van der Waals surface area contributed by atoms with Crippen LogP contribution in [0.4, 0.5) is 0 Å². The second kappa shape index (κ2) is 51.3. The minimum atomic E-state index is -0.778. The minimum Gasteiger partial charge on any atom is -0.462 e. The van der Waals surface area contributed by atoms with Gasteiger partial charge >= 0.3 is 17.9 Å². The molecule has 362 valence electrons. The van der Waals surface area contributed by atoms with Crippen LogP contribution in [0.5, 0.6) is 0 Å². The van der Waals surface area contributed by atoms with Gasteiger partial charge in [-0.05, 0) is 70.6 Å². The molecule has 0 aromatic heterocycles. The molecule has 0 N–H and O–H groups in total. The molecule has 0 aliphatic rings. The summed E-state index contributed by atoms with van der Waals surface area (Å²) in [5, 5.41) is 0. The van der Waals surface area contributed by atoms with Crippen molar-refractivity contribution in [3.8, 4) is 0 Å². The molecule has 0 fully saturated rings. The van der Waals surface area contributed by atoms with E-state index in [0.29, 0.717) is 19.3 Å². The van der Waals surface area contributed by atoms with Crippen LogP contribution in [0.25, 0.3) is 0 Å². The monoisotopic (exact) mass is 871 g/mol. The van der Waals surface area contributed by atoms with Crippen LogP contribution in [0, 0.1) is 0 Å². The van der Waals surface area contributed by atoms with Crippen LogP contribution in [-0.4, -0.2) is 37.2 Å². The van der Waals surface area contributed by atoms with Crippen LogP contribution in [-0.2, 0) is 28.6 Å². The summed E-state index contributed by atoms with van der Waals surface area (Å²) >= 11 is 0. The number of hydrogen-bond donors (Lipinski definition) is 0. The van der Waals surface area contributed by atoms with Gasteiger partial charge in [-0.25, -0.2) is 0 Å². The average molecular weight is 871 g/mol. The van der Waals surface area contributed by atoms with E-state index in [1.165, 1.54) is 161 Å². The van der Waals surface area contributed by atoms with Crippen molar-refractivity contribution in [3.05, 3.63) is 36.5 Å². The van der Waals surface area contributed by atoms with E-state index in [1.807, 2.05) is 0 Å². The fourth-order valence-corrected chi connectivity index (χ4v) is 7.78. The van der Waals surface area contributed by atoms with E-state index in [2.05, 4.69) is 57.2 Å². The molecule has 1 unspecified atom stereocenters. The van der Waals surface area contributed by atoms with Gasteiger partial charge in [-0.2, -0.15) is 0 Å². The molecule has 0 amide bonds. The Labute approximate surface area is 385 Å². The number of hydrogen-bond acceptors (Lipinski definition) is 6.